The summed E-state index contributed by atoms with van der Waals surface area (Å²) in [6.07, 6.45) is 4.50. The Balaban J connectivity index is 2.48. The molecule has 0 saturated heterocycles. The zero-order valence-electron chi connectivity index (χ0n) is 5.08. The van der Waals surface area contributed by atoms with Crippen molar-refractivity contribution in [2.75, 3.05) is 0 Å². The average molecular weight is 139 g/mol. The highest BCUT2D eigenvalue weighted by atomic mass is 32.1. The summed E-state index contributed by atoms with van der Waals surface area (Å²) in [5, 5.41) is 2.07. The van der Waals surface area contributed by atoms with Crippen molar-refractivity contribution in [2.45, 2.75) is 6.42 Å². The van der Waals surface area contributed by atoms with E-state index in [4.69, 9.17) is 5.73 Å². The SMILES string of the molecule is NC=CCc1cccs1. The van der Waals surface area contributed by atoms with Gasteiger partial charge in [-0.15, -0.1) is 11.3 Å². The predicted molar refractivity (Wildman–Crippen MR) is 41.4 cm³/mol. The Kier molecular flexibility index (Phi) is 2.33. The molecule has 0 aromatic carbocycles. The number of hydrogen-bond donors (Lipinski definition) is 1. The van der Waals surface area contributed by atoms with Crippen molar-refractivity contribution in [1.29, 1.82) is 0 Å². The van der Waals surface area contributed by atoms with E-state index in [0.29, 0.717) is 0 Å². The van der Waals surface area contributed by atoms with Crippen LogP contribution in [0.1, 0.15) is 4.88 Å². The van der Waals surface area contributed by atoms with Crippen LogP contribution >= 0.6 is 11.3 Å². The van der Waals surface area contributed by atoms with Gasteiger partial charge < -0.3 is 5.73 Å². The third kappa shape index (κ3) is 1.90. The second kappa shape index (κ2) is 3.30. The molecular formula is C7H9NS. The fourth-order valence-corrected chi connectivity index (χ4v) is 1.29. The van der Waals surface area contributed by atoms with Gasteiger partial charge in [-0.2, -0.15) is 0 Å². The minimum atomic E-state index is 0.966. The summed E-state index contributed by atoms with van der Waals surface area (Å²) in [6, 6.07) is 4.15. The topological polar surface area (TPSA) is 26.0 Å². The Bertz CT molecular complexity index is 177. The minimum Gasteiger partial charge on any atom is -0.405 e. The molecule has 0 spiro atoms. The second-order valence-electron chi connectivity index (χ2n) is 1.71. The lowest BCUT2D eigenvalue weighted by Crippen LogP contribution is -1.78. The molecule has 1 heterocycles. The predicted octanol–water partition coefficient (Wildman–Crippen LogP) is 1.76. The maximum Gasteiger partial charge on any atom is 0.00835 e. The fraction of sp³-hybridized carbons (Fsp3) is 0.143. The Morgan fingerprint density at radius 1 is 1.67 bits per heavy atom. The fourth-order valence-electron chi connectivity index (χ4n) is 0.613. The van der Waals surface area contributed by atoms with Crippen LogP contribution in [0.15, 0.2) is 29.8 Å². The largest absolute Gasteiger partial charge is 0.405 e. The Morgan fingerprint density at radius 3 is 3.11 bits per heavy atom. The molecule has 0 atom stereocenters. The molecule has 0 aliphatic rings. The molecule has 0 unspecified atom stereocenters. The maximum absolute atomic E-state index is 5.17. The molecule has 1 rings (SSSR count). The van der Waals surface area contributed by atoms with Gasteiger partial charge in [-0.3, -0.25) is 0 Å². The third-order valence-corrected chi connectivity index (χ3v) is 1.93. The van der Waals surface area contributed by atoms with Crippen LogP contribution in [0, 0.1) is 0 Å². The molecule has 1 aromatic heterocycles. The molecule has 0 saturated carbocycles. The number of nitrogens with two attached hydrogens (primary N) is 1. The lowest BCUT2D eigenvalue weighted by atomic mass is 10.3. The first-order valence-corrected chi connectivity index (χ1v) is 3.70. The maximum atomic E-state index is 5.17. The van der Waals surface area contributed by atoms with Gasteiger partial charge in [-0.25, -0.2) is 0 Å². The van der Waals surface area contributed by atoms with Gasteiger partial charge in [0.05, 0.1) is 0 Å². The summed E-state index contributed by atoms with van der Waals surface area (Å²) in [5.41, 5.74) is 5.17. The highest BCUT2D eigenvalue weighted by Crippen LogP contribution is 2.08. The smallest absolute Gasteiger partial charge is 0.00835 e. The third-order valence-electron chi connectivity index (χ3n) is 1.04. The van der Waals surface area contributed by atoms with Gasteiger partial charge in [0.25, 0.3) is 0 Å². The first kappa shape index (κ1) is 6.36. The van der Waals surface area contributed by atoms with E-state index in [9.17, 15) is 0 Å². The Labute approximate surface area is 58.8 Å². The number of hydrogen-bond acceptors (Lipinski definition) is 2. The summed E-state index contributed by atoms with van der Waals surface area (Å²) >= 11 is 1.76. The highest BCUT2D eigenvalue weighted by molar-refractivity contribution is 7.09. The van der Waals surface area contributed by atoms with E-state index in [1.54, 1.807) is 17.5 Å². The number of allylic oxidation sites excluding steroid dienone is 1. The zero-order valence-corrected chi connectivity index (χ0v) is 5.90. The van der Waals surface area contributed by atoms with Crippen LogP contribution in [0.2, 0.25) is 0 Å². The highest BCUT2D eigenvalue weighted by Gasteiger charge is 1.85. The quantitative estimate of drug-likeness (QED) is 0.664. The molecule has 9 heavy (non-hydrogen) atoms. The lowest BCUT2D eigenvalue weighted by Gasteiger charge is -1.83. The van der Waals surface area contributed by atoms with E-state index in [2.05, 4.69) is 11.4 Å². The van der Waals surface area contributed by atoms with Gasteiger partial charge >= 0.3 is 0 Å². The first-order chi connectivity index (χ1) is 4.43. The number of thiophene rings is 1. The van der Waals surface area contributed by atoms with Gasteiger partial charge in [-0.1, -0.05) is 12.1 Å². The van der Waals surface area contributed by atoms with Gasteiger partial charge in [0.1, 0.15) is 0 Å². The van der Waals surface area contributed by atoms with Crippen molar-refractivity contribution in [3.05, 3.63) is 34.7 Å². The van der Waals surface area contributed by atoms with Crippen LogP contribution in [0.3, 0.4) is 0 Å². The minimum absolute atomic E-state index is 0.966. The van der Waals surface area contributed by atoms with Crippen molar-refractivity contribution in [3.8, 4) is 0 Å². The summed E-state index contributed by atoms with van der Waals surface area (Å²) in [4.78, 5) is 1.36. The molecule has 0 aliphatic carbocycles. The van der Waals surface area contributed by atoms with E-state index >= 15 is 0 Å². The van der Waals surface area contributed by atoms with Crippen molar-refractivity contribution < 1.29 is 0 Å². The van der Waals surface area contributed by atoms with E-state index in [1.807, 2.05) is 12.1 Å². The Hall–Kier alpha value is -0.760. The lowest BCUT2D eigenvalue weighted by molar-refractivity contribution is 1.32. The van der Waals surface area contributed by atoms with Crippen molar-refractivity contribution in [3.63, 3.8) is 0 Å². The monoisotopic (exact) mass is 139 g/mol. The van der Waals surface area contributed by atoms with Crippen LogP contribution in [-0.4, -0.2) is 0 Å². The van der Waals surface area contributed by atoms with E-state index < -0.39 is 0 Å². The summed E-state index contributed by atoms with van der Waals surface area (Å²) < 4.78 is 0. The second-order valence-corrected chi connectivity index (χ2v) is 2.74. The molecule has 1 nitrogen and oxygen atoms in total. The first-order valence-electron chi connectivity index (χ1n) is 2.82. The zero-order chi connectivity index (χ0) is 6.53. The van der Waals surface area contributed by atoms with Crippen LogP contribution in [0.5, 0.6) is 0 Å². The summed E-state index contributed by atoms with van der Waals surface area (Å²) in [7, 11) is 0. The summed E-state index contributed by atoms with van der Waals surface area (Å²) in [6.45, 7) is 0. The molecule has 0 radical (unpaired) electrons. The van der Waals surface area contributed by atoms with Crippen LogP contribution in [0.25, 0.3) is 0 Å². The normalized spacial score (nSPS) is 10.7. The van der Waals surface area contributed by atoms with Crippen LogP contribution < -0.4 is 5.73 Å². The average Bonchev–Trinajstić information content (AvgIpc) is 2.34. The Morgan fingerprint density at radius 2 is 2.56 bits per heavy atom. The van der Waals surface area contributed by atoms with Crippen molar-refractivity contribution in [2.24, 2.45) is 5.73 Å². The van der Waals surface area contributed by atoms with Gasteiger partial charge in [-0.05, 0) is 17.6 Å². The van der Waals surface area contributed by atoms with Crippen LogP contribution in [-0.2, 0) is 6.42 Å². The molecular weight excluding hydrogens is 130 g/mol. The molecule has 1 aromatic rings. The van der Waals surface area contributed by atoms with Gasteiger partial charge in [0.2, 0.25) is 0 Å². The standard InChI is InChI=1S/C7H9NS/c8-5-1-3-7-4-2-6-9-7/h1-2,4-6H,3,8H2. The van der Waals surface area contributed by atoms with E-state index in [0.717, 1.165) is 6.42 Å². The van der Waals surface area contributed by atoms with E-state index in [-0.39, 0.29) is 0 Å². The van der Waals surface area contributed by atoms with Crippen molar-refractivity contribution in [1.82, 2.24) is 0 Å². The molecule has 0 fully saturated rings. The molecule has 2 heteroatoms. The van der Waals surface area contributed by atoms with Crippen molar-refractivity contribution >= 4 is 11.3 Å². The van der Waals surface area contributed by atoms with E-state index in [1.165, 1.54) is 4.88 Å². The molecule has 0 bridgehead atoms. The summed E-state index contributed by atoms with van der Waals surface area (Å²) in [5.74, 6) is 0. The molecule has 0 amide bonds. The molecule has 2 N–H and O–H groups in total. The van der Waals surface area contributed by atoms with Gasteiger partial charge in [0.15, 0.2) is 0 Å². The number of rotatable bonds is 2. The van der Waals surface area contributed by atoms with Gasteiger partial charge in [0, 0.05) is 11.3 Å². The molecule has 0 aliphatic heterocycles. The molecule has 48 valence electrons. The van der Waals surface area contributed by atoms with Crippen LogP contribution in [0.4, 0.5) is 0 Å².